The summed E-state index contributed by atoms with van der Waals surface area (Å²) >= 11 is 0. The quantitative estimate of drug-likeness (QED) is 0.437. The van der Waals surface area contributed by atoms with Gasteiger partial charge in [-0.15, -0.1) is 0 Å². The van der Waals surface area contributed by atoms with E-state index in [9.17, 15) is 14.5 Å². The molecule has 0 saturated carbocycles. The Hall–Kier alpha value is -2.67. The number of benzene rings is 2. The predicted molar refractivity (Wildman–Crippen MR) is 65.5 cm³/mol. The number of nitro groups is 1. The summed E-state index contributed by atoms with van der Waals surface area (Å²) in [5.74, 6) is 4.94. The molecule has 2 aromatic carbocycles. The predicted octanol–water partition coefficient (Wildman–Crippen LogP) is 3.13. The van der Waals surface area contributed by atoms with Crippen LogP contribution in [0.1, 0.15) is 11.1 Å². The van der Waals surface area contributed by atoms with E-state index in [4.69, 9.17) is 0 Å². The zero-order chi connectivity index (χ0) is 13.0. The van der Waals surface area contributed by atoms with Crippen molar-refractivity contribution in [1.82, 2.24) is 0 Å². The molecule has 0 atom stereocenters. The molecule has 0 fully saturated rings. The molecule has 0 radical (unpaired) electrons. The third kappa shape index (κ3) is 2.71. The Labute approximate surface area is 103 Å². The maximum absolute atomic E-state index is 13.3. The molecule has 0 aromatic heterocycles. The van der Waals surface area contributed by atoms with Crippen LogP contribution in [0, 0.1) is 27.8 Å². The van der Waals surface area contributed by atoms with Gasteiger partial charge in [0.25, 0.3) is 5.69 Å². The zero-order valence-corrected chi connectivity index (χ0v) is 9.26. The summed E-state index contributed by atoms with van der Waals surface area (Å²) in [4.78, 5) is 10.1. The first-order valence-corrected chi connectivity index (χ1v) is 5.18. The molecule has 0 aliphatic carbocycles. The summed E-state index contributed by atoms with van der Waals surface area (Å²) in [7, 11) is 0. The molecule has 0 saturated heterocycles. The number of rotatable bonds is 1. The molecule has 2 aromatic rings. The van der Waals surface area contributed by atoms with Gasteiger partial charge in [0.15, 0.2) is 0 Å². The number of nitrogens with zero attached hydrogens (tertiary/aromatic N) is 1. The summed E-state index contributed by atoms with van der Waals surface area (Å²) in [6.45, 7) is 0. The summed E-state index contributed by atoms with van der Waals surface area (Å²) in [6, 6.07) is 12.1. The summed E-state index contributed by atoms with van der Waals surface area (Å²) in [5, 5.41) is 10.6. The van der Waals surface area contributed by atoms with Crippen LogP contribution in [-0.2, 0) is 0 Å². The van der Waals surface area contributed by atoms with E-state index in [1.807, 2.05) is 0 Å². The van der Waals surface area contributed by atoms with Crippen LogP contribution in [0.2, 0.25) is 0 Å². The molecule has 4 heteroatoms. The van der Waals surface area contributed by atoms with Gasteiger partial charge in [0, 0.05) is 17.7 Å². The molecule has 0 N–H and O–H groups in total. The van der Waals surface area contributed by atoms with Gasteiger partial charge >= 0.3 is 0 Å². The van der Waals surface area contributed by atoms with Crippen LogP contribution < -0.4 is 0 Å². The minimum Gasteiger partial charge on any atom is -0.258 e. The van der Waals surface area contributed by atoms with E-state index in [1.165, 1.54) is 18.2 Å². The molecule has 0 aliphatic rings. The molecule has 18 heavy (non-hydrogen) atoms. The minimum absolute atomic E-state index is 0.0321. The van der Waals surface area contributed by atoms with E-state index in [0.717, 1.165) is 0 Å². The molecule has 2 rings (SSSR count). The third-order valence-corrected chi connectivity index (χ3v) is 2.27. The van der Waals surface area contributed by atoms with Crippen LogP contribution >= 0.6 is 0 Å². The highest BCUT2D eigenvalue weighted by Crippen LogP contribution is 2.12. The van der Waals surface area contributed by atoms with E-state index in [0.29, 0.717) is 5.56 Å². The van der Waals surface area contributed by atoms with Crippen LogP contribution in [0.3, 0.4) is 0 Å². The Morgan fingerprint density at radius 1 is 1.06 bits per heavy atom. The molecule has 0 amide bonds. The smallest absolute Gasteiger partial charge is 0.258 e. The van der Waals surface area contributed by atoms with Crippen LogP contribution in [0.15, 0.2) is 48.5 Å². The Morgan fingerprint density at radius 2 is 1.83 bits per heavy atom. The van der Waals surface area contributed by atoms with Crippen molar-refractivity contribution >= 4 is 5.69 Å². The van der Waals surface area contributed by atoms with Gasteiger partial charge in [0.05, 0.1) is 10.5 Å². The fourth-order valence-corrected chi connectivity index (χ4v) is 1.40. The van der Waals surface area contributed by atoms with Gasteiger partial charge in [-0.05, 0) is 18.2 Å². The number of hydrogen-bond acceptors (Lipinski definition) is 2. The highest BCUT2D eigenvalue weighted by Gasteiger charge is 2.03. The summed E-state index contributed by atoms with van der Waals surface area (Å²) in [5.41, 5.74) is 0.715. The summed E-state index contributed by atoms with van der Waals surface area (Å²) in [6.07, 6.45) is 0. The van der Waals surface area contributed by atoms with Crippen molar-refractivity contribution < 1.29 is 9.31 Å². The molecule has 0 bridgehead atoms. The second-order valence-corrected chi connectivity index (χ2v) is 3.54. The van der Waals surface area contributed by atoms with E-state index in [2.05, 4.69) is 11.8 Å². The van der Waals surface area contributed by atoms with Crippen LogP contribution in [-0.4, -0.2) is 4.92 Å². The van der Waals surface area contributed by atoms with E-state index in [1.54, 1.807) is 30.3 Å². The molecular formula is C14H8FNO2. The van der Waals surface area contributed by atoms with Crippen molar-refractivity contribution in [3.63, 3.8) is 0 Å². The SMILES string of the molecule is O=[N+]([O-])c1cccc(C#Cc2ccccc2F)c1. The Kier molecular flexibility index (Phi) is 3.35. The lowest BCUT2D eigenvalue weighted by Crippen LogP contribution is -1.88. The Morgan fingerprint density at radius 3 is 2.56 bits per heavy atom. The second kappa shape index (κ2) is 5.11. The molecule has 0 spiro atoms. The monoisotopic (exact) mass is 241 g/mol. The molecule has 3 nitrogen and oxygen atoms in total. The van der Waals surface area contributed by atoms with Crippen LogP contribution in [0.5, 0.6) is 0 Å². The van der Waals surface area contributed by atoms with Crippen molar-refractivity contribution in [2.75, 3.05) is 0 Å². The van der Waals surface area contributed by atoms with Gasteiger partial charge in [-0.25, -0.2) is 4.39 Å². The zero-order valence-electron chi connectivity index (χ0n) is 9.26. The van der Waals surface area contributed by atoms with Gasteiger partial charge in [-0.2, -0.15) is 0 Å². The first kappa shape index (κ1) is 11.8. The van der Waals surface area contributed by atoms with Gasteiger partial charge < -0.3 is 0 Å². The van der Waals surface area contributed by atoms with E-state index >= 15 is 0 Å². The minimum atomic E-state index is -0.492. The van der Waals surface area contributed by atoms with Crippen molar-refractivity contribution in [2.45, 2.75) is 0 Å². The molecule has 0 heterocycles. The molecule has 0 unspecified atom stereocenters. The number of hydrogen-bond donors (Lipinski definition) is 0. The standard InChI is InChI=1S/C14H8FNO2/c15-14-7-2-1-5-12(14)9-8-11-4-3-6-13(10-11)16(17)18/h1-7,10H. The lowest BCUT2D eigenvalue weighted by Gasteiger charge is -1.93. The van der Waals surface area contributed by atoms with Crippen molar-refractivity contribution in [1.29, 1.82) is 0 Å². The van der Waals surface area contributed by atoms with Crippen LogP contribution in [0.4, 0.5) is 10.1 Å². The molecule has 0 aliphatic heterocycles. The van der Waals surface area contributed by atoms with Gasteiger partial charge in [-0.3, -0.25) is 10.1 Å². The normalized spacial score (nSPS) is 9.39. The summed E-state index contributed by atoms with van der Waals surface area (Å²) < 4.78 is 13.3. The third-order valence-electron chi connectivity index (χ3n) is 2.27. The molecule has 88 valence electrons. The molecular weight excluding hydrogens is 233 g/mol. The van der Waals surface area contributed by atoms with Crippen molar-refractivity contribution in [2.24, 2.45) is 0 Å². The number of nitro benzene ring substituents is 1. The maximum Gasteiger partial charge on any atom is 0.270 e. The lowest BCUT2D eigenvalue weighted by atomic mass is 10.1. The largest absolute Gasteiger partial charge is 0.270 e. The van der Waals surface area contributed by atoms with Gasteiger partial charge in [0.2, 0.25) is 0 Å². The first-order valence-electron chi connectivity index (χ1n) is 5.18. The van der Waals surface area contributed by atoms with Gasteiger partial charge in [0.1, 0.15) is 5.82 Å². The second-order valence-electron chi connectivity index (χ2n) is 3.54. The average molecular weight is 241 g/mol. The number of halogens is 1. The lowest BCUT2D eigenvalue weighted by molar-refractivity contribution is -0.384. The first-order chi connectivity index (χ1) is 8.66. The Balaban J connectivity index is 2.33. The highest BCUT2D eigenvalue weighted by atomic mass is 19.1. The van der Waals surface area contributed by atoms with Crippen molar-refractivity contribution in [3.8, 4) is 11.8 Å². The van der Waals surface area contributed by atoms with E-state index in [-0.39, 0.29) is 11.3 Å². The van der Waals surface area contributed by atoms with Crippen LogP contribution in [0.25, 0.3) is 0 Å². The van der Waals surface area contributed by atoms with Gasteiger partial charge in [-0.1, -0.05) is 30.0 Å². The number of non-ortho nitro benzene ring substituents is 1. The fraction of sp³-hybridized carbons (Fsp3) is 0. The van der Waals surface area contributed by atoms with E-state index < -0.39 is 10.7 Å². The average Bonchev–Trinajstić information content (AvgIpc) is 2.38. The Bertz CT molecular complexity index is 656. The fourth-order valence-electron chi connectivity index (χ4n) is 1.40. The maximum atomic E-state index is 13.3. The van der Waals surface area contributed by atoms with Crippen molar-refractivity contribution in [3.05, 3.63) is 75.6 Å². The topological polar surface area (TPSA) is 43.1 Å². The highest BCUT2D eigenvalue weighted by molar-refractivity contribution is 5.47.